The molecule has 0 aromatic rings. The van der Waals surface area contributed by atoms with Crippen LogP contribution in [0.2, 0.25) is 0 Å². The van der Waals surface area contributed by atoms with E-state index in [0.717, 1.165) is 13.2 Å². The van der Waals surface area contributed by atoms with Crippen LogP contribution in [0.5, 0.6) is 0 Å². The molecule has 2 aliphatic heterocycles. The molecule has 2 atom stereocenters. The number of nitrogens with one attached hydrogen (secondary N) is 1. The molecule has 1 saturated carbocycles. The summed E-state index contributed by atoms with van der Waals surface area (Å²) in [5, 5.41) is 3.87. The van der Waals surface area contributed by atoms with E-state index in [4.69, 9.17) is 4.74 Å². The first kappa shape index (κ1) is 15.7. The third-order valence-corrected chi connectivity index (χ3v) is 5.88. The van der Waals surface area contributed by atoms with E-state index in [2.05, 4.69) is 29.2 Å². The Kier molecular flexibility index (Phi) is 5.20. The van der Waals surface area contributed by atoms with Crippen molar-refractivity contribution in [2.75, 3.05) is 46.9 Å². The van der Waals surface area contributed by atoms with Gasteiger partial charge in [0.15, 0.2) is 0 Å². The lowest BCUT2D eigenvalue weighted by atomic mass is 9.78. The standard InChI is InChI=1S/C17H33N3O/c1-19-9-10-20(2)16(14-19)13-18-15-6-11-21-17(12-15)7-4-3-5-8-17/h15-16,18H,3-14H2,1-2H3. The van der Waals surface area contributed by atoms with Gasteiger partial charge < -0.3 is 15.0 Å². The summed E-state index contributed by atoms with van der Waals surface area (Å²) >= 11 is 0. The lowest BCUT2D eigenvalue weighted by Crippen LogP contribution is -2.56. The molecule has 2 saturated heterocycles. The minimum absolute atomic E-state index is 0.226. The number of hydrogen-bond donors (Lipinski definition) is 1. The fourth-order valence-electron chi connectivity index (χ4n) is 4.37. The highest BCUT2D eigenvalue weighted by atomic mass is 16.5. The molecule has 3 aliphatic rings. The van der Waals surface area contributed by atoms with Gasteiger partial charge >= 0.3 is 0 Å². The number of piperazine rings is 1. The monoisotopic (exact) mass is 295 g/mol. The second kappa shape index (κ2) is 6.95. The Bertz CT molecular complexity index is 324. The second-order valence-electron chi connectivity index (χ2n) is 7.59. The summed E-state index contributed by atoms with van der Waals surface area (Å²) in [6.07, 6.45) is 9.13. The van der Waals surface area contributed by atoms with Crippen molar-refractivity contribution in [2.24, 2.45) is 0 Å². The number of likely N-dealkylation sites (N-methyl/N-ethyl adjacent to an activating group) is 2. The highest BCUT2D eigenvalue weighted by Crippen LogP contribution is 2.38. The van der Waals surface area contributed by atoms with Gasteiger partial charge in [-0.25, -0.2) is 0 Å². The van der Waals surface area contributed by atoms with Gasteiger partial charge in [0.2, 0.25) is 0 Å². The molecule has 1 aliphatic carbocycles. The zero-order chi connectivity index (χ0) is 14.7. The topological polar surface area (TPSA) is 27.7 Å². The maximum absolute atomic E-state index is 6.21. The molecule has 0 radical (unpaired) electrons. The molecule has 0 amide bonds. The summed E-state index contributed by atoms with van der Waals surface area (Å²) in [5.74, 6) is 0. The van der Waals surface area contributed by atoms with Crippen LogP contribution >= 0.6 is 0 Å². The Labute approximate surface area is 130 Å². The summed E-state index contributed by atoms with van der Waals surface area (Å²) in [6.45, 7) is 5.67. The summed E-state index contributed by atoms with van der Waals surface area (Å²) in [5.41, 5.74) is 0.226. The summed E-state index contributed by atoms with van der Waals surface area (Å²) in [7, 11) is 4.51. The van der Waals surface area contributed by atoms with E-state index in [1.54, 1.807) is 0 Å². The van der Waals surface area contributed by atoms with Crippen LogP contribution in [0.1, 0.15) is 44.9 Å². The van der Waals surface area contributed by atoms with Crippen molar-refractivity contribution in [1.82, 2.24) is 15.1 Å². The highest BCUT2D eigenvalue weighted by molar-refractivity contribution is 4.93. The van der Waals surface area contributed by atoms with Gasteiger partial charge in [-0.2, -0.15) is 0 Å². The Balaban J connectivity index is 1.48. The maximum atomic E-state index is 6.21. The molecule has 1 spiro atoms. The van der Waals surface area contributed by atoms with Crippen LogP contribution in [0, 0.1) is 0 Å². The molecule has 0 bridgehead atoms. The molecule has 2 heterocycles. The number of nitrogens with zero attached hydrogens (tertiary/aromatic N) is 2. The highest BCUT2D eigenvalue weighted by Gasteiger charge is 2.38. The van der Waals surface area contributed by atoms with E-state index >= 15 is 0 Å². The van der Waals surface area contributed by atoms with Gasteiger partial charge in [0.25, 0.3) is 0 Å². The fraction of sp³-hybridized carbons (Fsp3) is 1.00. The third-order valence-electron chi connectivity index (χ3n) is 5.88. The first-order chi connectivity index (χ1) is 10.2. The number of rotatable bonds is 3. The zero-order valence-corrected chi connectivity index (χ0v) is 13.9. The van der Waals surface area contributed by atoms with Crippen LogP contribution in [0.15, 0.2) is 0 Å². The average Bonchev–Trinajstić information content (AvgIpc) is 2.49. The molecule has 3 rings (SSSR count). The Hall–Kier alpha value is -0.160. The first-order valence-electron chi connectivity index (χ1n) is 8.93. The Morgan fingerprint density at radius 1 is 1.14 bits per heavy atom. The lowest BCUT2D eigenvalue weighted by Gasteiger charge is -2.44. The van der Waals surface area contributed by atoms with Crippen LogP contribution in [-0.2, 0) is 4.74 Å². The molecule has 4 nitrogen and oxygen atoms in total. The minimum Gasteiger partial charge on any atom is -0.375 e. The zero-order valence-electron chi connectivity index (χ0n) is 13.9. The molecule has 0 aromatic heterocycles. The molecule has 4 heteroatoms. The van der Waals surface area contributed by atoms with Crippen LogP contribution in [0.25, 0.3) is 0 Å². The molecule has 21 heavy (non-hydrogen) atoms. The smallest absolute Gasteiger partial charge is 0.0697 e. The van der Waals surface area contributed by atoms with Crippen molar-refractivity contribution in [3.8, 4) is 0 Å². The van der Waals surface area contributed by atoms with Gasteiger partial charge in [0.1, 0.15) is 0 Å². The summed E-state index contributed by atoms with van der Waals surface area (Å²) < 4.78 is 6.21. The third kappa shape index (κ3) is 3.98. The lowest BCUT2D eigenvalue weighted by molar-refractivity contribution is -0.109. The molecule has 0 aromatic carbocycles. The van der Waals surface area contributed by atoms with E-state index < -0.39 is 0 Å². The van der Waals surface area contributed by atoms with E-state index in [1.807, 2.05) is 0 Å². The van der Waals surface area contributed by atoms with E-state index in [1.165, 1.54) is 64.6 Å². The van der Waals surface area contributed by atoms with E-state index in [9.17, 15) is 0 Å². The Morgan fingerprint density at radius 2 is 1.95 bits per heavy atom. The van der Waals surface area contributed by atoms with Crippen LogP contribution in [0.4, 0.5) is 0 Å². The first-order valence-corrected chi connectivity index (χ1v) is 8.93. The van der Waals surface area contributed by atoms with Crippen LogP contribution < -0.4 is 5.32 Å². The largest absolute Gasteiger partial charge is 0.375 e. The SMILES string of the molecule is CN1CCN(C)C(CNC2CCOC3(CCCCC3)C2)C1. The molecule has 1 N–H and O–H groups in total. The minimum atomic E-state index is 0.226. The van der Waals surface area contributed by atoms with Gasteiger partial charge in [0.05, 0.1) is 5.60 Å². The van der Waals surface area contributed by atoms with Gasteiger partial charge in [-0.3, -0.25) is 4.90 Å². The van der Waals surface area contributed by atoms with E-state index in [0.29, 0.717) is 12.1 Å². The van der Waals surface area contributed by atoms with Crippen molar-refractivity contribution in [1.29, 1.82) is 0 Å². The molecular formula is C17H33N3O. The van der Waals surface area contributed by atoms with Crippen LogP contribution in [-0.4, -0.2) is 74.4 Å². The van der Waals surface area contributed by atoms with Crippen molar-refractivity contribution >= 4 is 0 Å². The van der Waals surface area contributed by atoms with Crippen LogP contribution in [0.3, 0.4) is 0 Å². The summed E-state index contributed by atoms with van der Waals surface area (Å²) in [6, 6.07) is 1.33. The maximum Gasteiger partial charge on any atom is 0.0697 e. The van der Waals surface area contributed by atoms with Gasteiger partial charge in [0, 0.05) is 44.9 Å². The van der Waals surface area contributed by atoms with Gasteiger partial charge in [-0.05, 0) is 39.8 Å². The van der Waals surface area contributed by atoms with Gasteiger partial charge in [-0.15, -0.1) is 0 Å². The number of hydrogen-bond acceptors (Lipinski definition) is 4. The molecular weight excluding hydrogens is 262 g/mol. The summed E-state index contributed by atoms with van der Waals surface area (Å²) in [4.78, 5) is 4.97. The van der Waals surface area contributed by atoms with Crippen molar-refractivity contribution < 1.29 is 4.74 Å². The van der Waals surface area contributed by atoms with E-state index in [-0.39, 0.29) is 5.60 Å². The number of ether oxygens (including phenoxy) is 1. The van der Waals surface area contributed by atoms with Gasteiger partial charge in [-0.1, -0.05) is 19.3 Å². The molecule has 2 unspecified atom stereocenters. The predicted octanol–water partition coefficient (Wildman–Crippen LogP) is 1.70. The van der Waals surface area contributed by atoms with Crippen molar-refractivity contribution in [3.63, 3.8) is 0 Å². The van der Waals surface area contributed by atoms with Crippen molar-refractivity contribution in [3.05, 3.63) is 0 Å². The normalized spacial score (nSPS) is 35.1. The predicted molar refractivity (Wildman–Crippen MR) is 86.7 cm³/mol. The molecule has 3 fully saturated rings. The molecule has 122 valence electrons. The van der Waals surface area contributed by atoms with Crippen molar-refractivity contribution in [2.45, 2.75) is 62.6 Å². The fourth-order valence-corrected chi connectivity index (χ4v) is 4.37. The quantitative estimate of drug-likeness (QED) is 0.858. The Morgan fingerprint density at radius 3 is 2.76 bits per heavy atom. The average molecular weight is 295 g/mol. The second-order valence-corrected chi connectivity index (χ2v) is 7.59.